The molecular weight excluding hydrogens is 308 g/mol. The molecule has 0 aromatic carbocycles. The molecule has 3 aromatic rings. The zero-order valence-electron chi connectivity index (χ0n) is 12.9. The van der Waals surface area contributed by atoms with Crippen LogP contribution in [0.25, 0.3) is 10.6 Å². The van der Waals surface area contributed by atoms with Gasteiger partial charge in [0.25, 0.3) is 5.91 Å². The molecule has 5 nitrogen and oxygen atoms in total. The van der Waals surface area contributed by atoms with Crippen LogP contribution < -0.4 is 0 Å². The Morgan fingerprint density at radius 3 is 3.09 bits per heavy atom. The first-order chi connectivity index (χ1) is 11.3. The number of hydrogen-bond acceptors (Lipinski definition) is 3. The molecule has 0 bridgehead atoms. The van der Waals surface area contributed by atoms with Crippen molar-refractivity contribution in [2.24, 2.45) is 0 Å². The van der Waals surface area contributed by atoms with Crippen LogP contribution in [-0.4, -0.2) is 32.1 Å². The van der Waals surface area contributed by atoms with Crippen molar-refractivity contribution < 1.29 is 4.79 Å². The lowest BCUT2D eigenvalue weighted by Gasteiger charge is -2.36. The van der Waals surface area contributed by atoms with Crippen molar-refractivity contribution in [3.05, 3.63) is 53.3 Å². The first-order valence-corrected chi connectivity index (χ1v) is 8.70. The highest BCUT2D eigenvalue weighted by atomic mass is 32.1. The van der Waals surface area contributed by atoms with Crippen LogP contribution in [0.2, 0.25) is 0 Å². The number of fused-ring (bicyclic) bond motifs is 1. The van der Waals surface area contributed by atoms with Gasteiger partial charge >= 0.3 is 0 Å². The van der Waals surface area contributed by atoms with Crippen molar-refractivity contribution in [3.8, 4) is 10.6 Å². The van der Waals surface area contributed by atoms with Gasteiger partial charge in [-0.3, -0.25) is 9.89 Å². The molecule has 118 valence electrons. The van der Waals surface area contributed by atoms with E-state index in [1.165, 1.54) is 5.69 Å². The highest BCUT2D eigenvalue weighted by Gasteiger charge is 2.31. The summed E-state index contributed by atoms with van der Waals surface area (Å²) in [6.45, 7) is 3.70. The molecule has 1 aliphatic heterocycles. The maximum Gasteiger partial charge on any atom is 0.258 e. The molecule has 0 fully saturated rings. The second-order valence-corrected chi connectivity index (χ2v) is 6.63. The van der Waals surface area contributed by atoms with E-state index in [0.29, 0.717) is 5.56 Å². The number of rotatable bonds is 3. The van der Waals surface area contributed by atoms with Crippen LogP contribution in [0.3, 0.4) is 0 Å². The quantitative estimate of drug-likeness (QED) is 0.800. The minimum Gasteiger partial charge on any atom is -0.348 e. The van der Waals surface area contributed by atoms with Gasteiger partial charge in [0.1, 0.15) is 0 Å². The average Bonchev–Trinajstić information content (AvgIpc) is 3.32. The number of aromatic amines is 1. The molecule has 23 heavy (non-hydrogen) atoms. The van der Waals surface area contributed by atoms with Crippen LogP contribution in [0.15, 0.2) is 42.0 Å². The smallest absolute Gasteiger partial charge is 0.258 e. The number of nitrogens with one attached hydrogen (secondary N) is 1. The summed E-state index contributed by atoms with van der Waals surface area (Å²) >= 11 is 1.61. The molecule has 4 rings (SSSR count). The summed E-state index contributed by atoms with van der Waals surface area (Å²) in [5.74, 6) is 0.0569. The van der Waals surface area contributed by atoms with Crippen LogP contribution in [0.4, 0.5) is 0 Å². The maximum absolute atomic E-state index is 13.1. The van der Waals surface area contributed by atoms with Crippen LogP contribution in [-0.2, 0) is 6.54 Å². The lowest BCUT2D eigenvalue weighted by atomic mass is 10.0. The Bertz CT molecular complexity index is 817. The van der Waals surface area contributed by atoms with Gasteiger partial charge in [0.15, 0.2) is 0 Å². The number of carbonyl (C=O) groups excluding carboxylic acids is 1. The molecule has 3 aromatic heterocycles. The van der Waals surface area contributed by atoms with Gasteiger partial charge in [0.05, 0.1) is 28.4 Å². The third kappa shape index (κ3) is 2.30. The van der Waals surface area contributed by atoms with Gasteiger partial charge in [0.2, 0.25) is 0 Å². The fourth-order valence-electron chi connectivity index (χ4n) is 3.35. The maximum atomic E-state index is 13.1. The number of H-pyrrole nitrogens is 1. The Labute approximate surface area is 138 Å². The summed E-state index contributed by atoms with van der Waals surface area (Å²) in [7, 11) is 0. The van der Waals surface area contributed by atoms with Gasteiger partial charge in [-0.05, 0) is 30.0 Å². The molecule has 0 radical (unpaired) electrons. The largest absolute Gasteiger partial charge is 0.348 e. The van der Waals surface area contributed by atoms with Crippen LogP contribution in [0, 0.1) is 0 Å². The SMILES string of the molecule is CCC1c2cccn2CCN1C(=O)c1cn[nH]c1-c1cccs1. The van der Waals surface area contributed by atoms with Gasteiger partial charge in [-0.2, -0.15) is 5.10 Å². The zero-order chi connectivity index (χ0) is 15.8. The van der Waals surface area contributed by atoms with Crippen molar-refractivity contribution in [2.45, 2.75) is 25.9 Å². The Hall–Kier alpha value is -2.34. The van der Waals surface area contributed by atoms with Gasteiger partial charge in [0, 0.05) is 25.0 Å². The first kappa shape index (κ1) is 14.3. The number of thiophene rings is 1. The standard InChI is InChI=1S/C17H18N4OS/c1-2-13-14-5-3-7-20(14)8-9-21(13)17(22)12-11-18-19-16(12)15-6-4-10-23-15/h3-7,10-11,13H,2,8-9H2,1H3,(H,18,19). The lowest BCUT2D eigenvalue weighted by molar-refractivity contribution is 0.0619. The highest BCUT2D eigenvalue weighted by molar-refractivity contribution is 7.13. The van der Waals surface area contributed by atoms with Crippen LogP contribution >= 0.6 is 11.3 Å². The number of amides is 1. The average molecular weight is 326 g/mol. The summed E-state index contributed by atoms with van der Waals surface area (Å²) in [5.41, 5.74) is 2.69. The molecule has 0 saturated carbocycles. The summed E-state index contributed by atoms with van der Waals surface area (Å²) in [6, 6.07) is 8.28. The summed E-state index contributed by atoms with van der Waals surface area (Å²) in [5, 5.41) is 9.10. The van der Waals surface area contributed by atoms with Crippen molar-refractivity contribution >= 4 is 17.2 Å². The molecular formula is C17H18N4OS. The van der Waals surface area contributed by atoms with Crippen molar-refractivity contribution in [1.82, 2.24) is 19.7 Å². The molecule has 1 aliphatic rings. The van der Waals surface area contributed by atoms with Gasteiger partial charge in [-0.1, -0.05) is 13.0 Å². The minimum atomic E-state index is 0.0569. The molecule has 6 heteroatoms. The molecule has 1 unspecified atom stereocenters. The Kier molecular flexibility index (Phi) is 3.53. The van der Waals surface area contributed by atoms with Gasteiger partial charge in [-0.25, -0.2) is 0 Å². The van der Waals surface area contributed by atoms with E-state index in [0.717, 1.165) is 30.1 Å². The van der Waals surface area contributed by atoms with Gasteiger partial charge in [-0.15, -0.1) is 11.3 Å². The number of aromatic nitrogens is 3. The van der Waals surface area contributed by atoms with Crippen molar-refractivity contribution in [3.63, 3.8) is 0 Å². The molecule has 1 atom stereocenters. The zero-order valence-corrected chi connectivity index (χ0v) is 13.7. The van der Waals surface area contributed by atoms with E-state index in [9.17, 15) is 4.79 Å². The molecule has 1 N–H and O–H groups in total. The fourth-order valence-corrected chi connectivity index (χ4v) is 4.08. The first-order valence-electron chi connectivity index (χ1n) is 7.83. The van der Waals surface area contributed by atoms with Crippen molar-refractivity contribution in [2.75, 3.05) is 6.54 Å². The number of nitrogens with zero attached hydrogens (tertiary/aromatic N) is 3. The second kappa shape index (κ2) is 5.70. The third-order valence-corrected chi connectivity index (χ3v) is 5.34. The Morgan fingerprint density at radius 2 is 2.30 bits per heavy atom. The predicted octanol–water partition coefficient (Wildman–Crippen LogP) is 3.55. The van der Waals surface area contributed by atoms with E-state index in [1.54, 1.807) is 17.5 Å². The summed E-state index contributed by atoms with van der Waals surface area (Å²) in [4.78, 5) is 16.2. The third-order valence-electron chi connectivity index (χ3n) is 4.45. The van der Waals surface area contributed by atoms with E-state index in [1.807, 2.05) is 22.4 Å². The van der Waals surface area contributed by atoms with E-state index >= 15 is 0 Å². The predicted molar refractivity (Wildman–Crippen MR) is 90.4 cm³/mol. The monoisotopic (exact) mass is 326 g/mol. The second-order valence-electron chi connectivity index (χ2n) is 5.69. The van der Waals surface area contributed by atoms with Gasteiger partial charge < -0.3 is 9.47 Å². The number of hydrogen-bond donors (Lipinski definition) is 1. The fraction of sp³-hybridized carbons (Fsp3) is 0.294. The molecule has 4 heterocycles. The minimum absolute atomic E-state index is 0.0569. The Morgan fingerprint density at radius 1 is 1.39 bits per heavy atom. The topological polar surface area (TPSA) is 53.9 Å². The normalized spacial score (nSPS) is 17.3. The van der Waals surface area contributed by atoms with Crippen molar-refractivity contribution in [1.29, 1.82) is 0 Å². The lowest BCUT2D eigenvalue weighted by Crippen LogP contribution is -2.41. The number of carbonyl (C=O) groups is 1. The molecule has 0 saturated heterocycles. The van der Waals surface area contributed by atoms with E-state index in [2.05, 4.69) is 40.0 Å². The van der Waals surface area contributed by atoms with Crippen LogP contribution in [0.5, 0.6) is 0 Å². The molecule has 0 aliphatic carbocycles. The van der Waals surface area contributed by atoms with E-state index in [4.69, 9.17) is 0 Å². The van der Waals surface area contributed by atoms with Crippen LogP contribution in [0.1, 0.15) is 35.4 Å². The molecule has 0 spiro atoms. The molecule has 1 amide bonds. The summed E-state index contributed by atoms with van der Waals surface area (Å²) < 4.78 is 2.24. The summed E-state index contributed by atoms with van der Waals surface area (Å²) in [6.07, 6.45) is 4.65. The van der Waals surface area contributed by atoms with E-state index < -0.39 is 0 Å². The highest BCUT2D eigenvalue weighted by Crippen LogP contribution is 2.32. The van der Waals surface area contributed by atoms with E-state index in [-0.39, 0.29) is 11.9 Å². The Balaban J connectivity index is 1.69.